The summed E-state index contributed by atoms with van der Waals surface area (Å²) in [7, 11) is -1.56. The average molecular weight is 1350 g/mol. The van der Waals surface area contributed by atoms with E-state index in [1.165, 1.54) is 89.9 Å². The van der Waals surface area contributed by atoms with Gasteiger partial charge in [-0.2, -0.15) is 0 Å². The Morgan fingerprint density at radius 2 is 0.778 bits per heavy atom. The maximum atomic E-state index is 13.3. The lowest BCUT2D eigenvalue weighted by molar-refractivity contribution is 0.00818. The fourth-order valence-electron chi connectivity index (χ4n) is 13.8. The van der Waals surface area contributed by atoms with Crippen LogP contribution in [0.5, 0.6) is 17.2 Å². The van der Waals surface area contributed by atoms with Crippen molar-refractivity contribution in [3.63, 3.8) is 0 Å². The molecular formula is C88H98F2N2O6Si. The van der Waals surface area contributed by atoms with Crippen LogP contribution in [0.15, 0.2) is 237 Å². The van der Waals surface area contributed by atoms with Gasteiger partial charge in [-0.25, -0.2) is 4.79 Å². The number of phenols is 3. The van der Waals surface area contributed by atoms with Gasteiger partial charge in [-0.3, -0.25) is 8.78 Å². The Morgan fingerprint density at radius 3 is 1.10 bits per heavy atom. The number of carbonyl (C=O) groups excluding carboxylic acids is 1. The summed E-state index contributed by atoms with van der Waals surface area (Å²) < 4.78 is 31.9. The van der Waals surface area contributed by atoms with Crippen LogP contribution in [-0.2, 0) is 4.74 Å². The van der Waals surface area contributed by atoms with Crippen LogP contribution in [0.3, 0.4) is 0 Å². The molecule has 0 aromatic heterocycles. The number of alkyl halides is 2. The fraction of sp³-hybridized carbons (Fsp3) is 0.307. The smallest absolute Gasteiger partial charge is 0.410 e. The number of nitrogens with zero attached hydrogens (tertiary/aromatic N) is 2. The zero-order chi connectivity index (χ0) is 69.7. The van der Waals surface area contributed by atoms with Crippen LogP contribution in [-0.4, -0.2) is 102 Å². The molecule has 0 unspecified atom stereocenters. The molecule has 1 aliphatic carbocycles. The number of aromatic hydroxyl groups is 3. The zero-order valence-corrected chi connectivity index (χ0v) is 59.4. The van der Waals surface area contributed by atoms with Crippen molar-refractivity contribution in [1.82, 2.24) is 9.80 Å². The lowest BCUT2D eigenvalue weighted by Gasteiger charge is -2.40. The molecule has 99 heavy (non-hydrogen) atoms. The summed E-state index contributed by atoms with van der Waals surface area (Å²) in [6.07, 6.45) is 11.2. The first-order valence-electron chi connectivity index (χ1n) is 35.5. The second-order valence-electron chi connectivity index (χ2n) is 28.1. The Morgan fingerprint density at radius 1 is 0.444 bits per heavy atom. The van der Waals surface area contributed by atoms with Crippen molar-refractivity contribution in [2.75, 3.05) is 52.3 Å². The first-order chi connectivity index (χ1) is 48.0. The zero-order valence-electron chi connectivity index (χ0n) is 58.4. The number of benzene rings is 9. The number of likely N-dealkylation sites (tertiary alicyclic amines) is 2. The largest absolute Gasteiger partial charge is 0.508 e. The van der Waals surface area contributed by atoms with Crippen LogP contribution in [0.1, 0.15) is 164 Å². The molecule has 12 rings (SSSR count). The number of aliphatic hydroxyl groups excluding tert-OH is 1. The number of amides is 1. The molecule has 2 saturated heterocycles. The van der Waals surface area contributed by atoms with Crippen LogP contribution in [0.4, 0.5) is 13.6 Å². The van der Waals surface area contributed by atoms with Crippen molar-refractivity contribution in [1.29, 1.82) is 0 Å². The maximum Gasteiger partial charge on any atom is 0.410 e. The van der Waals surface area contributed by atoms with E-state index in [2.05, 4.69) is 139 Å². The van der Waals surface area contributed by atoms with Crippen molar-refractivity contribution in [3.05, 3.63) is 298 Å². The summed E-state index contributed by atoms with van der Waals surface area (Å²) in [6.45, 7) is 13.8. The van der Waals surface area contributed by atoms with Crippen LogP contribution >= 0.6 is 0 Å². The lowest BCUT2D eigenvalue weighted by Crippen LogP contribution is -2.51. The molecule has 4 N–H and O–H groups in total. The number of rotatable bonds is 23. The molecule has 1 saturated carbocycles. The van der Waals surface area contributed by atoms with Gasteiger partial charge in [0.1, 0.15) is 22.8 Å². The van der Waals surface area contributed by atoms with E-state index in [0.29, 0.717) is 51.1 Å². The van der Waals surface area contributed by atoms with E-state index in [-0.39, 0.29) is 49.2 Å². The third-order valence-electron chi connectivity index (χ3n) is 19.2. The number of phenolic OH excluding ortho intramolecular Hbond substituents is 3. The number of halogens is 2. The Kier molecular flexibility index (Phi) is 25.7. The van der Waals surface area contributed by atoms with Gasteiger partial charge in [-0.1, -0.05) is 225 Å². The monoisotopic (exact) mass is 1340 g/mol. The first-order valence-corrected chi connectivity index (χ1v) is 38.7. The Hall–Kier alpha value is -9.13. The topological polar surface area (TPSA) is 114 Å². The Balaban J connectivity index is 0.000000162. The molecule has 1 amide bonds. The van der Waals surface area contributed by atoms with E-state index in [1.54, 1.807) is 41.3 Å². The molecule has 11 heteroatoms. The summed E-state index contributed by atoms with van der Waals surface area (Å²) >= 11 is 0. The highest BCUT2D eigenvalue weighted by atomic mass is 28.3. The minimum Gasteiger partial charge on any atom is -0.508 e. The SMILES string of the molecule is CC(C)(C)OC(=O)N1CC(c2ccc(/C(=C(/CCCF)c3ccccc3)c3ccc(O)cc3)cc2)C1.C[Si](C)(CN1CCCC1)c1ccc(/C(=C(/CCCO)c2ccccc2)c2ccc(O)cc2)cc1.Oc1ccc(/C(=C(\CCCF)c2ccccc2)c2ccc(C3CCC3)cc2)cc1. The number of allylic oxidation sites excluding steroid dienone is 3. The van der Waals surface area contributed by atoms with Gasteiger partial charge in [0.05, 0.1) is 21.4 Å². The van der Waals surface area contributed by atoms with Crippen LogP contribution in [0.25, 0.3) is 33.4 Å². The van der Waals surface area contributed by atoms with Crippen molar-refractivity contribution in [2.45, 2.75) is 122 Å². The highest BCUT2D eigenvalue weighted by molar-refractivity contribution is 6.90. The van der Waals surface area contributed by atoms with Crippen LogP contribution in [0, 0.1) is 0 Å². The summed E-state index contributed by atoms with van der Waals surface area (Å²) in [4.78, 5) is 16.7. The molecule has 3 aliphatic rings. The third kappa shape index (κ3) is 19.8. The number of ether oxygens (including phenoxy) is 1. The Labute approximate surface area is 587 Å². The molecule has 3 fully saturated rings. The number of hydrogen-bond donors (Lipinski definition) is 4. The van der Waals surface area contributed by atoms with E-state index in [1.807, 2.05) is 99.6 Å². The lowest BCUT2D eigenvalue weighted by atomic mass is 9.79. The van der Waals surface area contributed by atoms with Crippen LogP contribution in [0.2, 0.25) is 13.1 Å². The number of hydrogen-bond acceptors (Lipinski definition) is 7. The van der Waals surface area contributed by atoms with Gasteiger partial charge in [0.15, 0.2) is 0 Å². The fourth-order valence-corrected chi connectivity index (χ4v) is 16.4. The summed E-state index contributed by atoms with van der Waals surface area (Å²) in [6, 6.07) is 79.4. The predicted molar refractivity (Wildman–Crippen MR) is 407 cm³/mol. The highest BCUT2D eigenvalue weighted by Gasteiger charge is 2.35. The second-order valence-corrected chi connectivity index (χ2v) is 32.8. The second kappa shape index (κ2) is 35.1. The quantitative estimate of drug-likeness (QED) is 0.0373. The van der Waals surface area contributed by atoms with E-state index in [9.17, 15) is 34.0 Å². The molecule has 2 heterocycles. The summed E-state index contributed by atoms with van der Waals surface area (Å²) in [5, 5.41) is 40.6. The standard InChI is InChI=1S/C31H34FNO3.C30H37NO2Si.C27H27FO/c1-31(2,3)36-30(35)33-20-26(21-33)22-11-13-24(14-12-22)29(25-15-17-27(34)18-16-25)28(10-7-19-32)23-8-5-4-6-9-23;1-34(2,23-31-20-6-7-21-31)28-18-14-26(15-19-28)30(25-12-16-27(33)17-13-25)29(11-8-22-32)24-9-4-3-5-10-24;28-19-5-10-26(22-6-2-1-3-7-22)27(24-15-17-25(29)18-16-24)23-13-11-21(12-14-23)20-8-4-9-20/h4-6,8-9,11-18,26,34H,7,10,19-21H2,1-3H3;3-5,9-10,12-19,32-33H,6-8,11,20-23H2,1-2H3;1-3,6-7,11-18,20,29H,4-5,8-10,19H2/b29-28+;30-29-;27-26+. The number of carbonyl (C=O) groups is 1. The van der Waals surface area contributed by atoms with Crippen molar-refractivity contribution in [2.24, 2.45) is 0 Å². The van der Waals surface area contributed by atoms with Gasteiger partial charge in [0.2, 0.25) is 0 Å². The Bertz CT molecular complexity index is 4080. The molecule has 8 nitrogen and oxygen atoms in total. The third-order valence-corrected chi connectivity index (χ3v) is 22.3. The van der Waals surface area contributed by atoms with Crippen molar-refractivity contribution < 1.29 is 38.7 Å². The van der Waals surface area contributed by atoms with E-state index < -0.39 is 13.7 Å². The van der Waals surface area contributed by atoms with E-state index >= 15 is 0 Å². The van der Waals surface area contributed by atoms with E-state index in [0.717, 1.165) is 67.7 Å². The molecule has 0 radical (unpaired) electrons. The minimum atomic E-state index is -1.56. The van der Waals surface area contributed by atoms with Gasteiger partial charge in [0, 0.05) is 25.6 Å². The summed E-state index contributed by atoms with van der Waals surface area (Å²) in [5.74, 6) is 1.69. The molecule has 9 aromatic carbocycles. The van der Waals surface area contributed by atoms with Crippen molar-refractivity contribution >= 4 is 52.8 Å². The molecule has 0 atom stereocenters. The molecule has 9 aromatic rings. The molecule has 514 valence electrons. The molecule has 0 spiro atoms. The molecule has 2 aliphatic heterocycles. The van der Waals surface area contributed by atoms with Gasteiger partial charge >= 0.3 is 6.09 Å². The molecular weight excluding hydrogens is 1250 g/mol. The van der Waals surface area contributed by atoms with Gasteiger partial charge < -0.3 is 35.0 Å². The van der Waals surface area contributed by atoms with E-state index in [4.69, 9.17) is 4.74 Å². The minimum absolute atomic E-state index is 0.161. The van der Waals surface area contributed by atoms with Gasteiger partial charge in [0.25, 0.3) is 0 Å². The summed E-state index contributed by atoms with van der Waals surface area (Å²) in [5.41, 5.74) is 18.6. The van der Waals surface area contributed by atoms with Gasteiger partial charge in [-0.15, -0.1) is 0 Å². The maximum absolute atomic E-state index is 13.3. The average Bonchev–Trinajstić information content (AvgIpc) is 1.02. The van der Waals surface area contributed by atoms with Crippen LogP contribution < -0.4 is 5.19 Å². The number of aliphatic hydroxyl groups is 1. The van der Waals surface area contributed by atoms with Crippen molar-refractivity contribution in [3.8, 4) is 17.2 Å². The highest BCUT2D eigenvalue weighted by Crippen LogP contribution is 2.42. The molecule has 0 bridgehead atoms. The predicted octanol–water partition coefficient (Wildman–Crippen LogP) is 20.5. The first kappa shape index (κ1) is 72.6. The normalized spacial score (nSPS) is 15.0. The van der Waals surface area contributed by atoms with Gasteiger partial charge in [-0.05, 0) is 241 Å².